The maximum atomic E-state index is 12.6. The number of carbonyl (C=O) groups excluding carboxylic acids is 1. The molecule has 5 heteroatoms. The molecule has 0 aliphatic rings. The van der Waals surface area contributed by atoms with Gasteiger partial charge in [-0.05, 0) is 71.2 Å². The average molecular weight is 392 g/mol. The number of methoxy groups -OCH3 is 1. The first-order chi connectivity index (χ1) is 11.4. The maximum absolute atomic E-state index is 12.6. The molecule has 0 radical (unpaired) electrons. The quantitative estimate of drug-likeness (QED) is 0.739. The molecule has 0 atom stereocenters. The van der Waals surface area contributed by atoms with Crippen LogP contribution in [0.3, 0.4) is 0 Å². The van der Waals surface area contributed by atoms with Gasteiger partial charge in [0.1, 0.15) is 18.1 Å². The number of nitrogens with zero attached hydrogens (tertiary/aromatic N) is 1. The highest BCUT2D eigenvalue weighted by Gasteiger charge is 2.16. The van der Waals surface area contributed by atoms with Gasteiger partial charge in [-0.2, -0.15) is 0 Å². The summed E-state index contributed by atoms with van der Waals surface area (Å²) in [6, 6.07) is 11.4. The molecular formula is C19H22BrNO3. The molecule has 0 fully saturated rings. The van der Waals surface area contributed by atoms with Crippen LogP contribution in [0.25, 0.3) is 0 Å². The number of amides is 1. The van der Waals surface area contributed by atoms with Gasteiger partial charge in [0, 0.05) is 11.5 Å². The number of rotatable bonds is 6. The molecule has 0 aliphatic heterocycles. The van der Waals surface area contributed by atoms with Gasteiger partial charge in [-0.1, -0.05) is 6.07 Å². The Kier molecular flexibility index (Phi) is 6.26. The van der Waals surface area contributed by atoms with Gasteiger partial charge in [0.25, 0.3) is 5.91 Å². The minimum Gasteiger partial charge on any atom is -0.497 e. The van der Waals surface area contributed by atoms with Crippen molar-refractivity contribution in [2.24, 2.45) is 0 Å². The molecule has 0 bridgehead atoms. The van der Waals surface area contributed by atoms with Gasteiger partial charge in [-0.3, -0.25) is 4.79 Å². The first-order valence-electron chi connectivity index (χ1n) is 7.71. The number of likely N-dealkylation sites (N-methyl/N-ethyl adjacent to an activating group) is 1. The SMILES string of the molecule is COc1ccc(Br)c(C(=O)N(C)CCOc2cc(C)cc(C)c2)c1. The third kappa shape index (κ3) is 4.74. The predicted octanol–water partition coefficient (Wildman–Crippen LogP) is 4.23. The van der Waals surface area contributed by atoms with Gasteiger partial charge >= 0.3 is 0 Å². The van der Waals surface area contributed by atoms with Crippen LogP contribution >= 0.6 is 15.9 Å². The fourth-order valence-corrected chi connectivity index (χ4v) is 2.84. The van der Waals surface area contributed by atoms with Crippen LogP contribution in [-0.2, 0) is 0 Å². The molecule has 0 saturated carbocycles. The van der Waals surface area contributed by atoms with Crippen molar-refractivity contribution < 1.29 is 14.3 Å². The van der Waals surface area contributed by atoms with Crippen LogP contribution in [0.2, 0.25) is 0 Å². The van der Waals surface area contributed by atoms with E-state index in [0.717, 1.165) is 21.3 Å². The van der Waals surface area contributed by atoms with E-state index in [1.807, 2.05) is 38.1 Å². The Balaban J connectivity index is 1.97. The molecule has 0 unspecified atom stereocenters. The van der Waals surface area contributed by atoms with Crippen molar-refractivity contribution in [1.82, 2.24) is 4.90 Å². The standard InChI is InChI=1S/C19H22BrNO3/c1-13-9-14(2)11-16(10-13)24-8-7-21(3)19(22)17-12-15(23-4)5-6-18(17)20/h5-6,9-12H,7-8H2,1-4H3. The number of aryl methyl sites for hydroxylation is 2. The summed E-state index contributed by atoms with van der Waals surface area (Å²) in [6.45, 7) is 5.01. The van der Waals surface area contributed by atoms with E-state index in [1.54, 1.807) is 25.1 Å². The van der Waals surface area contributed by atoms with Crippen molar-refractivity contribution in [2.45, 2.75) is 13.8 Å². The van der Waals surface area contributed by atoms with Crippen molar-refractivity contribution in [3.05, 3.63) is 57.6 Å². The van der Waals surface area contributed by atoms with E-state index < -0.39 is 0 Å². The van der Waals surface area contributed by atoms with E-state index in [-0.39, 0.29) is 5.91 Å². The number of benzene rings is 2. The van der Waals surface area contributed by atoms with E-state index in [0.29, 0.717) is 24.5 Å². The first kappa shape index (κ1) is 18.3. The second-order valence-electron chi connectivity index (χ2n) is 5.74. The number of ether oxygens (including phenoxy) is 2. The lowest BCUT2D eigenvalue weighted by molar-refractivity contribution is 0.0772. The number of hydrogen-bond donors (Lipinski definition) is 0. The summed E-state index contributed by atoms with van der Waals surface area (Å²) in [7, 11) is 3.35. The lowest BCUT2D eigenvalue weighted by Gasteiger charge is -2.19. The monoisotopic (exact) mass is 391 g/mol. The predicted molar refractivity (Wildman–Crippen MR) is 99.1 cm³/mol. The van der Waals surface area contributed by atoms with Gasteiger partial charge < -0.3 is 14.4 Å². The Morgan fingerprint density at radius 2 is 1.75 bits per heavy atom. The van der Waals surface area contributed by atoms with Crippen LogP contribution in [0.5, 0.6) is 11.5 Å². The zero-order valence-electron chi connectivity index (χ0n) is 14.4. The molecule has 0 saturated heterocycles. The topological polar surface area (TPSA) is 38.8 Å². The highest BCUT2D eigenvalue weighted by Crippen LogP contribution is 2.23. The normalized spacial score (nSPS) is 10.4. The fraction of sp³-hybridized carbons (Fsp3) is 0.316. The molecule has 1 amide bonds. The number of carbonyl (C=O) groups is 1. The third-order valence-electron chi connectivity index (χ3n) is 3.64. The molecule has 128 valence electrons. The van der Waals surface area contributed by atoms with E-state index >= 15 is 0 Å². The van der Waals surface area contributed by atoms with E-state index in [4.69, 9.17) is 9.47 Å². The number of halogens is 1. The van der Waals surface area contributed by atoms with Crippen molar-refractivity contribution in [2.75, 3.05) is 27.3 Å². The van der Waals surface area contributed by atoms with Gasteiger partial charge in [0.05, 0.1) is 19.2 Å². The minimum absolute atomic E-state index is 0.0789. The summed E-state index contributed by atoms with van der Waals surface area (Å²) in [4.78, 5) is 14.2. The second-order valence-corrected chi connectivity index (χ2v) is 6.60. The van der Waals surface area contributed by atoms with Gasteiger partial charge in [-0.25, -0.2) is 0 Å². The lowest BCUT2D eigenvalue weighted by Crippen LogP contribution is -2.31. The van der Waals surface area contributed by atoms with Crippen LogP contribution in [0, 0.1) is 13.8 Å². The van der Waals surface area contributed by atoms with Gasteiger partial charge in [0.2, 0.25) is 0 Å². The molecule has 2 aromatic carbocycles. The minimum atomic E-state index is -0.0789. The molecule has 2 rings (SSSR count). The van der Waals surface area contributed by atoms with Crippen LogP contribution in [0.4, 0.5) is 0 Å². The average Bonchev–Trinajstić information content (AvgIpc) is 2.53. The first-order valence-corrected chi connectivity index (χ1v) is 8.50. The van der Waals surface area contributed by atoms with Crippen LogP contribution in [0.15, 0.2) is 40.9 Å². The summed E-state index contributed by atoms with van der Waals surface area (Å²) in [6.07, 6.45) is 0. The Morgan fingerprint density at radius 3 is 2.38 bits per heavy atom. The molecular weight excluding hydrogens is 370 g/mol. The van der Waals surface area contributed by atoms with E-state index in [1.165, 1.54) is 0 Å². The molecule has 0 aromatic heterocycles. The van der Waals surface area contributed by atoms with Crippen molar-refractivity contribution >= 4 is 21.8 Å². The zero-order valence-corrected chi connectivity index (χ0v) is 16.0. The zero-order chi connectivity index (χ0) is 17.7. The Bertz CT molecular complexity index is 710. The van der Waals surface area contributed by atoms with Gasteiger partial charge in [0.15, 0.2) is 0 Å². The van der Waals surface area contributed by atoms with Crippen molar-refractivity contribution in [1.29, 1.82) is 0 Å². The van der Waals surface area contributed by atoms with Crippen molar-refractivity contribution in [3.63, 3.8) is 0 Å². The molecule has 0 aliphatic carbocycles. The Hall–Kier alpha value is -2.01. The van der Waals surface area contributed by atoms with Crippen LogP contribution < -0.4 is 9.47 Å². The third-order valence-corrected chi connectivity index (χ3v) is 4.33. The van der Waals surface area contributed by atoms with Crippen LogP contribution in [0.1, 0.15) is 21.5 Å². The molecule has 0 spiro atoms. The summed E-state index contributed by atoms with van der Waals surface area (Å²) in [5.41, 5.74) is 2.90. The Morgan fingerprint density at radius 1 is 1.08 bits per heavy atom. The molecule has 24 heavy (non-hydrogen) atoms. The molecule has 4 nitrogen and oxygen atoms in total. The summed E-state index contributed by atoms with van der Waals surface area (Å²) in [5, 5.41) is 0. The largest absolute Gasteiger partial charge is 0.497 e. The smallest absolute Gasteiger partial charge is 0.254 e. The van der Waals surface area contributed by atoms with Crippen molar-refractivity contribution in [3.8, 4) is 11.5 Å². The summed E-state index contributed by atoms with van der Waals surface area (Å²) >= 11 is 3.42. The maximum Gasteiger partial charge on any atom is 0.254 e. The second kappa shape index (κ2) is 8.20. The fourth-order valence-electron chi connectivity index (χ4n) is 2.42. The summed E-state index contributed by atoms with van der Waals surface area (Å²) in [5.74, 6) is 1.40. The van der Waals surface area contributed by atoms with E-state index in [2.05, 4.69) is 22.0 Å². The molecule has 0 heterocycles. The number of hydrogen-bond acceptors (Lipinski definition) is 3. The lowest BCUT2D eigenvalue weighted by atomic mass is 10.1. The highest BCUT2D eigenvalue weighted by molar-refractivity contribution is 9.10. The summed E-state index contributed by atoms with van der Waals surface area (Å²) < 4.78 is 11.7. The molecule has 0 N–H and O–H groups in total. The molecule has 2 aromatic rings. The highest BCUT2D eigenvalue weighted by atomic mass is 79.9. The van der Waals surface area contributed by atoms with Gasteiger partial charge in [-0.15, -0.1) is 0 Å². The van der Waals surface area contributed by atoms with Crippen LogP contribution in [-0.4, -0.2) is 38.1 Å². The van der Waals surface area contributed by atoms with E-state index in [9.17, 15) is 4.79 Å². The Labute approximate surface area is 151 Å².